The molecule has 0 amide bonds. The lowest BCUT2D eigenvalue weighted by molar-refractivity contribution is -0.149. The summed E-state index contributed by atoms with van der Waals surface area (Å²) >= 11 is 0. The molecule has 0 fully saturated rings. The number of aromatic nitrogens is 3. The molecule has 0 saturated heterocycles. The summed E-state index contributed by atoms with van der Waals surface area (Å²) in [5, 5.41) is 4.00. The molecule has 1 unspecified atom stereocenters. The van der Waals surface area contributed by atoms with E-state index < -0.39 is 5.41 Å². The Kier molecular flexibility index (Phi) is 4.44. The predicted molar refractivity (Wildman–Crippen MR) is 78.3 cm³/mol. The molecule has 0 aliphatic carbocycles. The number of ether oxygens (including phenoxy) is 2. The molecule has 0 saturated carbocycles. The van der Waals surface area contributed by atoms with Gasteiger partial charge in [0.25, 0.3) is 0 Å². The number of hydrogen-bond acceptors (Lipinski definition) is 7. The van der Waals surface area contributed by atoms with Crippen LogP contribution in [-0.2, 0) is 14.9 Å². The summed E-state index contributed by atoms with van der Waals surface area (Å²) in [6, 6.07) is 1.98. The van der Waals surface area contributed by atoms with Crippen LogP contribution in [0, 0.1) is 5.92 Å². The van der Waals surface area contributed by atoms with E-state index in [-0.39, 0.29) is 17.9 Å². The Bertz CT molecular complexity index is 651. The molecule has 0 radical (unpaired) electrons. The molecule has 0 bridgehead atoms. The van der Waals surface area contributed by atoms with Gasteiger partial charge in [0, 0.05) is 24.0 Å². The number of nitrogens with zero attached hydrogens (tertiary/aromatic N) is 3. The molecule has 2 heterocycles. The molecule has 0 aromatic carbocycles. The van der Waals surface area contributed by atoms with Gasteiger partial charge in [-0.3, -0.25) is 4.79 Å². The zero-order chi connectivity index (χ0) is 16.3. The first-order valence-electron chi connectivity index (χ1n) is 6.85. The van der Waals surface area contributed by atoms with Crippen molar-refractivity contribution >= 4 is 5.97 Å². The monoisotopic (exact) mass is 305 g/mol. The van der Waals surface area contributed by atoms with Crippen LogP contribution in [0.4, 0.5) is 0 Å². The number of carbonyl (C=O) groups is 1. The second-order valence-electron chi connectivity index (χ2n) is 5.38. The molecule has 7 heteroatoms. The van der Waals surface area contributed by atoms with Gasteiger partial charge in [-0.15, -0.1) is 0 Å². The third kappa shape index (κ3) is 2.66. The van der Waals surface area contributed by atoms with Gasteiger partial charge in [0.1, 0.15) is 11.1 Å². The van der Waals surface area contributed by atoms with Crippen molar-refractivity contribution in [2.45, 2.75) is 26.2 Å². The second-order valence-corrected chi connectivity index (χ2v) is 5.38. The molecule has 0 N–H and O–H groups in total. The molecule has 0 spiro atoms. The minimum Gasteiger partial charge on any atom is -0.468 e. The Balaban J connectivity index is 2.38. The Hall–Kier alpha value is -2.44. The standard InChI is InChI=1S/C15H19N3O4/c1-9(2)15(3,13(19)20-4)12-6-11(18-22-12)10-7-16-14(21-5)17-8-10/h6-9H,1-5H3. The molecule has 2 rings (SSSR count). The maximum absolute atomic E-state index is 12.2. The molecule has 1 atom stereocenters. The van der Waals surface area contributed by atoms with Crippen LogP contribution in [0.3, 0.4) is 0 Å². The SMILES string of the molecule is COC(=O)C(C)(c1cc(-c2cnc(OC)nc2)no1)C(C)C. The average Bonchev–Trinajstić information content (AvgIpc) is 3.03. The van der Waals surface area contributed by atoms with E-state index in [0.717, 1.165) is 0 Å². The van der Waals surface area contributed by atoms with Crippen molar-refractivity contribution in [2.75, 3.05) is 14.2 Å². The summed E-state index contributed by atoms with van der Waals surface area (Å²) < 4.78 is 15.2. The highest BCUT2D eigenvalue weighted by molar-refractivity contribution is 5.82. The van der Waals surface area contributed by atoms with Gasteiger partial charge in [0.2, 0.25) is 0 Å². The van der Waals surface area contributed by atoms with Crippen molar-refractivity contribution < 1.29 is 18.8 Å². The summed E-state index contributed by atoms with van der Waals surface area (Å²) in [6.07, 6.45) is 3.16. The highest BCUT2D eigenvalue weighted by Gasteiger charge is 2.43. The molecular formula is C15H19N3O4. The molecule has 22 heavy (non-hydrogen) atoms. The van der Waals surface area contributed by atoms with E-state index in [9.17, 15) is 4.79 Å². The fourth-order valence-electron chi connectivity index (χ4n) is 2.04. The van der Waals surface area contributed by atoms with Crippen molar-refractivity contribution in [3.63, 3.8) is 0 Å². The highest BCUT2D eigenvalue weighted by atomic mass is 16.5. The topological polar surface area (TPSA) is 87.3 Å². The number of esters is 1. The summed E-state index contributed by atoms with van der Waals surface area (Å²) in [5.41, 5.74) is 0.313. The Labute approximate surface area is 128 Å². The van der Waals surface area contributed by atoms with E-state index >= 15 is 0 Å². The van der Waals surface area contributed by atoms with Gasteiger partial charge in [-0.1, -0.05) is 19.0 Å². The van der Waals surface area contributed by atoms with Crippen LogP contribution in [0.5, 0.6) is 6.01 Å². The number of rotatable bonds is 5. The van der Waals surface area contributed by atoms with Crippen LogP contribution in [0.25, 0.3) is 11.3 Å². The van der Waals surface area contributed by atoms with Crippen LogP contribution in [-0.4, -0.2) is 35.3 Å². The summed E-state index contributed by atoms with van der Waals surface area (Å²) in [7, 11) is 2.85. The first-order valence-corrected chi connectivity index (χ1v) is 6.85. The molecule has 7 nitrogen and oxygen atoms in total. The lowest BCUT2D eigenvalue weighted by Crippen LogP contribution is -2.38. The summed E-state index contributed by atoms with van der Waals surface area (Å²) in [6.45, 7) is 5.63. The van der Waals surface area contributed by atoms with E-state index in [1.165, 1.54) is 14.2 Å². The zero-order valence-electron chi connectivity index (χ0n) is 13.3. The van der Waals surface area contributed by atoms with Gasteiger partial charge in [0.05, 0.1) is 14.2 Å². The lowest BCUT2D eigenvalue weighted by atomic mass is 9.77. The van der Waals surface area contributed by atoms with Gasteiger partial charge >= 0.3 is 12.0 Å². The molecule has 2 aromatic heterocycles. The second kappa shape index (κ2) is 6.13. The van der Waals surface area contributed by atoms with Crippen molar-refractivity contribution in [2.24, 2.45) is 5.92 Å². The maximum atomic E-state index is 12.2. The van der Waals surface area contributed by atoms with E-state index in [0.29, 0.717) is 17.0 Å². The van der Waals surface area contributed by atoms with E-state index in [4.69, 9.17) is 14.0 Å². The van der Waals surface area contributed by atoms with Crippen molar-refractivity contribution in [3.8, 4) is 17.3 Å². The van der Waals surface area contributed by atoms with Gasteiger partial charge in [-0.25, -0.2) is 9.97 Å². The fourth-order valence-corrected chi connectivity index (χ4v) is 2.04. The molecular weight excluding hydrogens is 286 g/mol. The molecule has 118 valence electrons. The number of carbonyl (C=O) groups excluding carboxylic acids is 1. The van der Waals surface area contributed by atoms with Crippen molar-refractivity contribution in [1.82, 2.24) is 15.1 Å². The summed E-state index contributed by atoms with van der Waals surface area (Å²) in [5.74, 6) is 0.0595. The van der Waals surface area contributed by atoms with E-state index in [1.807, 2.05) is 13.8 Å². The Morgan fingerprint density at radius 2 is 1.91 bits per heavy atom. The maximum Gasteiger partial charge on any atom is 0.319 e. The van der Waals surface area contributed by atoms with Crippen LogP contribution in [0.1, 0.15) is 26.5 Å². The van der Waals surface area contributed by atoms with E-state index in [2.05, 4.69) is 15.1 Å². The van der Waals surface area contributed by atoms with Crippen LogP contribution >= 0.6 is 0 Å². The largest absolute Gasteiger partial charge is 0.468 e. The zero-order valence-corrected chi connectivity index (χ0v) is 13.3. The van der Waals surface area contributed by atoms with Crippen LogP contribution in [0.15, 0.2) is 23.0 Å². The third-order valence-electron chi connectivity index (χ3n) is 3.89. The number of methoxy groups -OCH3 is 2. The highest BCUT2D eigenvalue weighted by Crippen LogP contribution is 2.35. The summed E-state index contributed by atoms with van der Waals surface area (Å²) in [4.78, 5) is 20.2. The normalized spacial score (nSPS) is 13.7. The van der Waals surface area contributed by atoms with Crippen molar-refractivity contribution in [1.29, 1.82) is 0 Å². The number of hydrogen-bond donors (Lipinski definition) is 0. The van der Waals surface area contributed by atoms with Gasteiger partial charge in [0.15, 0.2) is 5.76 Å². The fraction of sp³-hybridized carbons (Fsp3) is 0.467. The third-order valence-corrected chi connectivity index (χ3v) is 3.89. The minimum absolute atomic E-state index is 0.0205. The van der Waals surface area contributed by atoms with Crippen molar-refractivity contribution in [3.05, 3.63) is 24.2 Å². The molecule has 2 aromatic rings. The lowest BCUT2D eigenvalue weighted by Gasteiger charge is -2.27. The molecule has 0 aliphatic heterocycles. The quantitative estimate of drug-likeness (QED) is 0.783. The van der Waals surface area contributed by atoms with Gasteiger partial charge < -0.3 is 14.0 Å². The van der Waals surface area contributed by atoms with Gasteiger partial charge in [-0.05, 0) is 12.8 Å². The Morgan fingerprint density at radius 3 is 2.41 bits per heavy atom. The Morgan fingerprint density at radius 1 is 1.27 bits per heavy atom. The average molecular weight is 305 g/mol. The van der Waals surface area contributed by atoms with Crippen LogP contribution < -0.4 is 4.74 Å². The minimum atomic E-state index is -0.909. The molecule has 0 aliphatic rings. The smallest absolute Gasteiger partial charge is 0.319 e. The van der Waals surface area contributed by atoms with Crippen LogP contribution in [0.2, 0.25) is 0 Å². The van der Waals surface area contributed by atoms with Gasteiger partial charge in [-0.2, -0.15) is 0 Å². The van der Waals surface area contributed by atoms with E-state index in [1.54, 1.807) is 25.4 Å². The first-order chi connectivity index (χ1) is 10.4. The predicted octanol–water partition coefficient (Wildman–Crippen LogP) is 2.23. The first kappa shape index (κ1) is 15.9.